The van der Waals surface area contributed by atoms with E-state index in [0.717, 1.165) is 25.9 Å². The van der Waals surface area contributed by atoms with Gasteiger partial charge in [-0.25, -0.2) is 4.39 Å². The van der Waals surface area contributed by atoms with Crippen molar-refractivity contribution in [3.8, 4) is 0 Å². The van der Waals surface area contributed by atoms with Gasteiger partial charge in [-0.2, -0.15) is 0 Å². The zero-order chi connectivity index (χ0) is 9.26. The Bertz CT molecular complexity index is 288. The van der Waals surface area contributed by atoms with E-state index in [4.69, 9.17) is 11.6 Å². The molecule has 1 aromatic rings. The van der Waals surface area contributed by atoms with E-state index in [1.165, 1.54) is 6.07 Å². The van der Waals surface area contributed by atoms with Crippen LogP contribution >= 0.6 is 11.6 Å². The lowest BCUT2D eigenvalue weighted by molar-refractivity contribution is 0.623. The maximum atomic E-state index is 13.4. The van der Waals surface area contributed by atoms with E-state index in [-0.39, 0.29) is 5.82 Å². The molecule has 1 aromatic carbocycles. The first-order valence-corrected chi connectivity index (χ1v) is 4.86. The number of hydrogen-bond donors (Lipinski definition) is 0. The monoisotopic (exact) mass is 199 g/mol. The number of rotatable bonds is 1. The zero-order valence-electron chi connectivity index (χ0n) is 7.26. The van der Waals surface area contributed by atoms with Crippen LogP contribution in [0, 0.1) is 5.82 Å². The van der Waals surface area contributed by atoms with E-state index in [1.54, 1.807) is 12.1 Å². The average Bonchev–Trinajstić information content (AvgIpc) is 2.57. The van der Waals surface area contributed by atoms with Crippen molar-refractivity contribution in [2.45, 2.75) is 12.8 Å². The predicted octanol–water partition coefficient (Wildman–Crippen LogP) is 3.08. The molecule has 1 saturated heterocycles. The molecule has 0 spiro atoms. The van der Waals surface area contributed by atoms with Crippen LogP contribution in [0.3, 0.4) is 0 Å². The van der Waals surface area contributed by atoms with E-state index in [1.807, 2.05) is 4.90 Å². The lowest BCUT2D eigenvalue weighted by Crippen LogP contribution is -2.19. The Labute approximate surface area is 82.1 Å². The maximum absolute atomic E-state index is 13.4. The summed E-state index contributed by atoms with van der Waals surface area (Å²) in [6.45, 7) is 1.83. The molecule has 0 aliphatic carbocycles. The van der Waals surface area contributed by atoms with E-state index < -0.39 is 0 Å². The summed E-state index contributed by atoms with van der Waals surface area (Å²) in [5.41, 5.74) is 0.571. The van der Waals surface area contributed by atoms with Crippen molar-refractivity contribution in [2.75, 3.05) is 18.0 Å². The second kappa shape index (κ2) is 3.54. The van der Waals surface area contributed by atoms with Crippen molar-refractivity contribution < 1.29 is 4.39 Å². The Balaban J connectivity index is 2.37. The van der Waals surface area contributed by atoms with Crippen LogP contribution in [0.1, 0.15) is 12.8 Å². The van der Waals surface area contributed by atoms with Crippen LogP contribution in [0.2, 0.25) is 5.02 Å². The summed E-state index contributed by atoms with van der Waals surface area (Å²) in [6.07, 6.45) is 2.26. The van der Waals surface area contributed by atoms with Crippen LogP contribution in [-0.2, 0) is 0 Å². The molecule has 1 aliphatic rings. The fourth-order valence-corrected chi connectivity index (χ4v) is 2.01. The minimum atomic E-state index is -0.214. The number of para-hydroxylation sites is 1. The molecule has 3 heteroatoms. The molecule has 13 heavy (non-hydrogen) atoms. The average molecular weight is 200 g/mol. The molecule has 70 valence electrons. The molecule has 0 N–H and O–H groups in total. The van der Waals surface area contributed by atoms with E-state index in [2.05, 4.69) is 0 Å². The second-order valence-corrected chi connectivity index (χ2v) is 3.67. The highest BCUT2D eigenvalue weighted by molar-refractivity contribution is 6.33. The second-order valence-electron chi connectivity index (χ2n) is 3.26. The van der Waals surface area contributed by atoms with Gasteiger partial charge in [-0.3, -0.25) is 0 Å². The van der Waals surface area contributed by atoms with Gasteiger partial charge in [0.1, 0.15) is 5.82 Å². The summed E-state index contributed by atoms with van der Waals surface area (Å²) in [6, 6.07) is 4.83. The molecule has 1 fully saturated rings. The molecule has 0 unspecified atom stereocenters. The van der Waals surface area contributed by atoms with Gasteiger partial charge in [0.25, 0.3) is 0 Å². The Morgan fingerprint density at radius 1 is 1.23 bits per heavy atom. The number of benzene rings is 1. The van der Waals surface area contributed by atoms with Gasteiger partial charge in [-0.05, 0) is 25.0 Å². The lowest BCUT2D eigenvalue weighted by atomic mass is 10.3. The third-order valence-electron chi connectivity index (χ3n) is 2.36. The lowest BCUT2D eigenvalue weighted by Gasteiger charge is -2.19. The topological polar surface area (TPSA) is 3.24 Å². The van der Waals surface area contributed by atoms with Crippen molar-refractivity contribution in [3.63, 3.8) is 0 Å². The minimum Gasteiger partial charge on any atom is -0.368 e. The van der Waals surface area contributed by atoms with Crippen LogP contribution in [0.4, 0.5) is 10.1 Å². The first kappa shape index (κ1) is 8.82. The highest BCUT2D eigenvalue weighted by Crippen LogP contribution is 2.30. The Morgan fingerprint density at radius 2 is 1.92 bits per heavy atom. The summed E-state index contributed by atoms with van der Waals surface area (Å²) >= 11 is 5.93. The van der Waals surface area contributed by atoms with E-state index >= 15 is 0 Å². The van der Waals surface area contributed by atoms with Crippen molar-refractivity contribution in [1.82, 2.24) is 0 Å². The molecular formula is C10H11ClFN. The first-order chi connectivity index (χ1) is 6.29. The third-order valence-corrected chi connectivity index (χ3v) is 2.66. The normalized spacial score (nSPS) is 16.6. The van der Waals surface area contributed by atoms with Crippen LogP contribution in [0.25, 0.3) is 0 Å². The van der Waals surface area contributed by atoms with Crippen molar-refractivity contribution >= 4 is 17.3 Å². The summed E-state index contributed by atoms with van der Waals surface area (Å²) in [4.78, 5) is 2.01. The molecule has 0 radical (unpaired) electrons. The van der Waals surface area contributed by atoms with Gasteiger partial charge in [0, 0.05) is 13.1 Å². The molecule has 0 bridgehead atoms. The highest BCUT2D eigenvalue weighted by Gasteiger charge is 2.18. The summed E-state index contributed by atoms with van der Waals surface area (Å²) in [5.74, 6) is -0.214. The van der Waals surface area contributed by atoms with Crippen molar-refractivity contribution in [3.05, 3.63) is 29.0 Å². The van der Waals surface area contributed by atoms with Crippen LogP contribution < -0.4 is 4.90 Å². The number of anilines is 1. The molecule has 1 heterocycles. The van der Waals surface area contributed by atoms with Crippen LogP contribution in [-0.4, -0.2) is 13.1 Å². The Morgan fingerprint density at radius 3 is 2.54 bits per heavy atom. The molecule has 0 amide bonds. The summed E-state index contributed by atoms with van der Waals surface area (Å²) in [7, 11) is 0. The molecule has 2 rings (SSSR count). The van der Waals surface area contributed by atoms with E-state index in [0.29, 0.717) is 10.7 Å². The van der Waals surface area contributed by atoms with Crippen LogP contribution in [0.5, 0.6) is 0 Å². The largest absolute Gasteiger partial charge is 0.368 e. The molecule has 1 aliphatic heterocycles. The summed E-state index contributed by atoms with van der Waals surface area (Å²) < 4.78 is 13.4. The van der Waals surface area contributed by atoms with Crippen molar-refractivity contribution in [1.29, 1.82) is 0 Å². The molecule has 0 atom stereocenters. The Kier molecular flexibility index (Phi) is 2.40. The van der Waals surface area contributed by atoms with Gasteiger partial charge in [0.2, 0.25) is 0 Å². The predicted molar refractivity (Wildman–Crippen MR) is 52.9 cm³/mol. The van der Waals surface area contributed by atoms with Gasteiger partial charge < -0.3 is 4.90 Å². The summed E-state index contributed by atoms with van der Waals surface area (Å²) in [5, 5.41) is 0.516. The van der Waals surface area contributed by atoms with Gasteiger partial charge in [-0.15, -0.1) is 0 Å². The number of hydrogen-bond acceptors (Lipinski definition) is 1. The van der Waals surface area contributed by atoms with E-state index in [9.17, 15) is 4.39 Å². The Hall–Kier alpha value is -0.760. The highest BCUT2D eigenvalue weighted by atomic mass is 35.5. The van der Waals surface area contributed by atoms with Crippen molar-refractivity contribution in [2.24, 2.45) is 0 Å². The van der Waals surface area contributed by atoms with Gasteiger partial charge in [-0.1, -0.05) is 17.7 Å². The van der Waals surface area contributed by atoms with Gasteiger partial charge in [0.15, 0.2) is 0 Å². The molecular weight excluding hydrogens is 189 g/mol. The third kappa shape index (κ3) is 1.63. The van der Waals surface area contributed by atoms with Gasteiger partial charge in [0.05, 0.1) is 10.7 Å². The molecule has 0 saturated carbocycles. The number of halogens is 2. The zero-order valence-corrected chi connectivity index (χ0v) is 8.02. The fourth-order valence-electron chi connectivity index (χ4n) is 1.73. The molecule has 0 aromatic heterocycles. The standard InChI is InChI=1S/C10H11ClFN/c11-8-4-3-5-9(12)10(8)13-6-1-2-7-13/h3-5H,1-2,6-7H2. The smallest absolute Gasteiger partial charge is 0.148 e. The van der Waals surface area contributed by atoms with Crippen LogP contribution in [0.15, 0.2) is 18.2 Å². The SMILES string of the molecule is Fc1cccc(Cl)c1N1CCCC1. The quantitative estimate of drug-likeness (QED) is 0.672. The maximum Gasteiger partial charge on any atom is 0.148 e. The van der Waals surface area contributed by atoms with Gasteiger partial charge >= 0.3 is 0 Å². The number of nitrogens with zero attached hydrogens (tertiary/aromatic N) is 1. The molecule has 1 nitrogen and oxygen atoms in total. The minimum absolute atomic E-state index is 0.214. The first-order valence-electron chi connectivity index (χ1n) is 4.48. The fraction of sp³-hybridized carbons (Fsp3) is 0.400.